The second-order valence-electron chi connectivity index (χ2n) is 14.2. The topological polar surface area (TPSA) is 35.6 Å². The monoisotopic (exact) mass is 714 g/mol. The van der Waals surface area contributed by atoms with Crippen LogP contribution in [0.25, 0.3) is 100 Å². The van der Waals surface area contributed by atoms with Gasteiger partial charge in [0.15, 0.2) is 5.82 Å². The Labute approximate surface area is 324 Å². The normalized spacial score (nSPS) is 11.6. The second kappa shape index (κ2) is 13.1. The molecule has 3 aromatic heterocycles. The largest absolute Gasteiger partial charge is 0.309 e. The van der Waals surface area contributed by atoms with Crippen molar-refractivity contribution in [3.63, 3.8) is 0 Å². The van der Waals surface area contributed by atoms with Gasteiger partial charge in [-0.2, -0.15) is 0 Å². The smallest absolute Gasteiger partial charge is 0.160 e. The van der Waals surface area contributed by atoms with Crippen LogP contribution in [0, 0.1) is 0 Å². The predicted molar refractivity (Wildman–Crippen MR) is 232 cm³/mol. The third-order valence-corrected chi connectivity index (χ3v) is 11.0. The van der Waals surface area contributed by atoms with Crippen LogP contribution in [0.2, 0.25) is 0 Å². The van der Waals surface area contributed by atoms with Crippen molar-refractivity contribution in [3.8, 4) is 56.4 Å². The Kier molecular flexibility index (Phi) is 7.46. The van der Waals surface area contributed by atoms with E-state index in [2.05, 4.69) is 203 Å². The Balaban J connectivity index is 1.07. The first-order valence-corrected chi connectivity index (χ1v) is 19.0. The fourth-order valence-corrected chi connectivity index (χ4v) is 8.36. The van der Waals surface area contributed by atoms with Gasteiger partial charge in [0.05, 0.1) is 33.5 Å². The lowest BCUT2D eigenvalue weighted by Gasteiger charge is -2.12. The van der Waals surface area contributed by atoms with Gasteiger partial charge in [0, 0.05) is 49.6 Å². The molecule has 0 radical (unpaired) electrons. The zero-order valence-corrected chi connectivity index (χ0v) is 30.4. The maximum absolute atomic E-state index is 5.08. The first-order valence-electron chi connectivity index (χ1n) is 19.0. The van der Waals surface area contributed by atoms with Gasteiger partial charge in [-0.1, -0.05) is 140 Å². The van der Waals surface area contributed by atoms with Gasteiger partial charge in [-0.05, 0) is 77.9 Å². The minimum atomic E-state index is 0.699. The van der Waals surface area contributed by atoms with Crippen LogP contribution in [-0.2, 0) is 0 Å². The standard InChI is InChI=1S/C52H34N4/c1-4-14-35(15-5-1)36-24-28-40(29-25-36)55-46-22-12-10-20-42(46)50-48(55)32-33-49-51(50)43-21-11-13-23-47(43)56(49)41-30-26-39(27-31-41)52-53-44(37-16-6-2-7-17-37)34-45(54-52)38-18-8-3-9-19-38/h1-34H. The number of rotatable bonds is 6. The molecule has 0 unspecified atom stereocenters. The van der Waals surface area contributed by atoms with Crippen molar-refractivity contribution in [2.75, 3.05) is 0 Å². The predicted octanol–water partition coefficient (Wildman–Crippen LogP) is 13.3. The van der Waals surface area contributed by atoms with E-state index in [1.165, 1.54) is 54.7 Å². The number of para-hydroxylation sites is 2. The molecule has 4 nitrogen and oxygen atoms in total. The Morgan fingerprint density at radius 1 is 0.286 bits per heavy atom. The summed E-state index contributed by atoms with van der Waals surface area (Å²) in [4.78, 5) is 10.2. The summed E-state index contributed by atoms with van der Waals surface area (Å²) in [6.45, 7) is 0. The van der Waals surface area contributed by atoms with E-state index in [4.69, 9.17) is 9.97 Å². The molecule has 0 aliphatic carbocycles. The molecular weight excluding hydrogens is 681 g/mol. The van der Waals surface area contributed by atoms with E-state index >= 15 is 0 Å². The van der Waals surface area contributed by atoms with Crippen LogP contribution < -0.4 is 0 Å². The summed E-state index contributed by atoms with van der Waals surface area (Å²) in [6.07, 6.45) is 0. The van der Waals surface area contributed by atoms with Gasteiger partial charge in [-0.25, -0.2) is 9.97 Å². The molecule has 0 saturated carbocycles. The minimum Gasteiger partial charge on any atom is -0.309 e. The number of benzene rings is 8. The van der Waals surface area contributed by atoms with Crippen LogP contribution in [0.5, 0.6) is 0 Å². The molecular formula is C52H34N4. The molecule has 0 atom stereocenters. The van der Waals surface area contributed by atoms with Crippen molar-refractivity contribution in [2.45, 2.75) is 0 Å². The molecule has 8 aromatic carbocycles. The Bertz CT molecular complexity index is 3140. The third-order valence-electron chi connectivity index (χ3n) is 11.0. The summed E-state index contributed by atoms with van der Waals surface area (Å²) in [7, 11) is 0. The molecule has 262 valence electrons. The van der Waals surface area contributed by atoms with E-state index in [9.17, 15) is 0 Å². The quantitative estimate of drug-likeness (QED) is 0.172. The molecule has 0 N–H and O–H groups in total. The van der Waals surface area contributed by atoms with Crippen LogP contribution >= 0.6 is 0 Å². The average molecular weight is 715 g/mol. The molecule has 3 heterocycles. The van der Waals surface area contributed by atoms with Gasteiger partial charge in [-0.15, -0.1) is 0 Å². The molecule has 0 amide bonds. The molecule has 0 bridgehead atoms. The van der Waals surface area contributed by atoms with Gasteiger partial charge < -0.3 is 9.13 Å². The van der Waals surface area contributed by atoms with Gasteiger partial charge >= 0.3 is 0 Å². The van der Waals surface area contributed by atoms with Crippen LogP contribution in [0.15, 0.2) is 206 Å². The lowest BCUT2D eigenvalue weighted by molar-refractivity contribution is 1.16. The van der Waals surface area contributed by atoms with Crippen molar-refractivity contribution >= 4 is 43.6 Å². The zero-order chi connectivity index (χ0) is 37.0. The van der Waals surface area contributed by atoms with Crippen LogP contribution in [0.1, 0.15) is 0 Å². The van der Waals surface area contributed by atoms with Crippen molar-refractivity contribution in [3.05, 3.63) is 206 Å². The number of aromatic nitrogens is 4. The SMILES string of the molecule is c1ccc(-c2ccc(-n3c4ccccc4c4c5c6ccccc6n(-c6ccc(-c7nc(-c8ccccc8)cc(-c8ccccc8)n7)cc6)c5ccc43)cc2)cc1. The van der Waals surface area contributed by atoms with Gasteiger partial charge in [0.1, 0.15) is 0 Å². The zero-order valence-electron chi connectivity index (χ0n) is 30.4. The summed E-state index contributed by atoms with van der Waals surface area (Å²) in [5, 5.41) is 4.98. The van der Waals surface area contributed by atoms with E-state index in [-0.39, 0.29) is 0 Å². The fourth-order valence-electron chi connectivity index (χ4n) is 8.36. The van der Waals surface area contributed by atoms with Crippen LogP contribution in [0.4, 0.5) is 0 Å². The molecule has 0 aliphatic rings. The number of hydrogen-bond acceptors (Lipinski definition) is 2. The average Bonchev–Trinajstić information content (AvgIpc) is 3.80. The van der Waals surface area contributed by atoms with E-state index < -0.39 is 0 Å². The number of hydrogen-bond donors (Lipinski definition) is 0. The number of fused-ring (bicyclic) bond motifs is 7. The molecule has 11 aromatic rings. The van der Waals surface area contributed by atoms with E-state index in [0.29, 0.717) is 5.82 Å². The maximum Gasteiger partial charge on any atom is 0.160 e. The first kappa shape index (κ1) is 31.9. The summed E-state index contributed by atoms with van der Waals surface area (Å²) in [5.74, 6) is 0.699. The summed E-state index contributed by atoms with van der Waals surface area (Å²) >= 11 is 0. The highest BCUT2D eigenvalue weighted by Gasteiger charge is 2.21. The van der Waals surface area contributed by atoms with E-state index in [1.54, 1.807) is 0 Å². The Hall–Kier alpha value is -7.56. The molecule has 0 aliphatic heterocycles. The Morgan fingerprint density at radius 3 is 1.12 bits per heavy atom. The van der Waals surface area contributed by atoms with Crippen molar-refractivity contribution in [1.82, 2.24) is 19.1 Å². The van der Waals surface area contributed by atoms with Gasteiger partial charge in [0.25, 0.3) is 0 Å². The van der Waals surface area contributed by atoms with E-state index in [0.717, 1.165) is 39.5 Å². The van der Waals surface area contributed by atoms with Crippen molar-refractivity contribution in [2.24, 2.45) is 0 Å². The highest BCUT2D eigenvalue weighted by Crippen LogP contribution is 2.42. The number of nitrogens with zero attached hydrogens (tertiary/aromatic N) is 4. The molecule has 0 spiro atoms. The van der Waals surface area contributed by atoms with Crippen LogP contribution in [-0.4, -0.2) is 19.1 Å². The molecule has 11 rings (SSSR count). The summed E-state index contributed by atoms with van der Waals surface area (Å²) in [6, 6.07) is 73.1. The maximum atomic E-state index is 5.08. The highest BCUT2D eigenvalue weighted by molar-refractivity contribution is 6.28. The van der Waals surface area contributed by atoms with Crippen molar-refractivity contribution in [1.29, 1.82) is 0 Å². The first-order chi connectivity index (χ1) is 27.8. The second-order valence-corrected chi connectivity index (χ2v) is 14.2. The molecule has 0 fully saturated rings. The van der Waals surface area contributed by atoms with Gasteiger partial charge in [-0.3, -0.25) is 0 Å². The fraction of sp³-hybridized carbons (Fsp3) is 0. The van der Waals surface area contributed by atoms with Gasteiger partial charge in [0.2, 0.25) is 0 Å². The summed E-state index contributed by atoms with van der Waals surface area (Å²) < 4.78 is 4.80. The lowest BCUT2D eigenvalue weighted by Crippen LogP contribution is -1.97. The third kappa shape index (κ3) is 5.23. The summed E-state index contributed by atoms with van der Waals surface area (Å²) in [5.41, 5.74) is 14.3. The Morgan fingerprint density at radius 2 is 0.661 bits per heavy atom. The molecule has 4 heteroatoms. The molecule has 0 saturated heterocycles. The van der Waals surface area contributed by atoms with E-state index in [1.807, 2.05) is 12.1 Å². The highest BCUT2D eigenvalue weighted by atomic mass is 15.0. The van der Waals surface area contributed by atoms with Crippen LogP contribution in [0.3, 0.4) is 0 Å². The lowest BCUT2D eigenvalue weighted by atomic mass is 10.1. The molecule has 56 heavy (non-hydrogen) atoms. The minimum absolute atomic E-state index is 0.699. The van der Waals surface area contributed by atoms with Crippen molar-refractivity contribution < 1.29 is 0 Å².